The van der Waals surface area contributed by atoms with Crippen molar-refractivity contribution in [2.24, 2.45) is 0 Å². The van der Waals surface area contributed by atoms with Gasteiger partial charge in [-0.1, -0.05) is 55.6 Å². The van der Waals surface area contributed by atoms with Crippen molar-refractivity contribution >= 4 is 46.1 Å². The van der Waals surface area contributed by atoms with Crippen LogP contribution in [-0.4, -0.2) is 14.5 Å². The first kappa shape index (κ1) is 21.4. The van der Waals surface area contributed by atoms with E-state index >= 15 is 0 Å². The van der Waals surface area contributed by atoms with E-state index in [0.717, 1.165) is 33.5 Å². The molecular formula is C23H20Cl3N3S. The molecule has 0 aliphatic heterocycles. The van der Waals surface area contributed by atoms with Crippen LogP contribution in [0.1, 0.15) is 31.3 Å². The van der Waals surface area contributed by atoms with Gasteiger partial charge in [-0.05, 0) is 54.8 Å². The van der Waals surface area contributed by atoms with Gasteiger partial charge in [0.25, 0.3) is 0 Å². The maximum Gasteiger partial charge on any atom is 0.147 e. The molecule has 0 unspecified atom stereocenters. The summed E-state index contributed by atoms with van der Waals surface area (Å²) in [7, 11) is 0. The van der Waals surface area contributed by atoms with E-state index in [-0.39, 0.29) is 5.41 Å². The fourth-order valence-corrected chi connectivity index (χ4v) is 4.83. The Kier molecular flexibility index (Phi) is 5.71. The summed E-state index contributed by atoms with van der Waals surface area (Å²) in [6.07, 6.45) is 1.94. The molecule has 2 aromatic heterocycles. The molecule has 0 N–H and O–H groups in total. The highest BCUT2D eigenvalue weighted by atomic mass is 35.5. The second kappa shape index (κ2) is 8.01. The average molecular weight is 477 g/mol. The molecule has 3 nitrogen and oxygen atoms in total. The molecule has 0 fully saturated rings. The number of imidazole rings is 1. The highest BCUT2D eigenvalue weighted by Gasteiger charge is 2.24. The maximum absolute atomic E-state index is 6.55. The van der Waals surface area contributed by atoms with Gasteiger partial charge in [0.05, 0.1) is 10.7 Å². The number of nitrogens with zero attached hydrogens (tertiary/aromatic N) is 3. The predicted molar refractivity (Wildman–Crippen MR) is 129 cm³/mol. The first-order valence-electron chi connectivity index (χ1n) is 9.42. The summed E-state index contributed by atoms with van der Waals surface area (Å²) in [5, 5.41) is 2.69. The fourth-order valence-electron chi connectivity index (χ4n) is 3.19. The van der Waals surface area contributed by atoms with Gasteiger partial charge in [-0.3, -0.25) is 4.57 Å². The molecule has 4 aromatic rings. The highest BCUT2D eigenvalue weighted by Crippen LogP contribution is 2.38. The third-order valence-electron chi connectivity index (χ3n) is 4.81. The predicted octanol–water partition coefficient (Wildman–Crippen LogP) is 8.23. The molecule has 30 heavy (non-hydrogen) atoms. The number of benzene rings is 2. The molecule has 0 amide bonds. The lowest BCUT2D eigenvalue weighted by Crippen LogP contribution is -2.07. The van der Waals surface area contributed by atoms with Gasteiger partial charge in [0.1, 0.15) is 16.5 Å². The highest BCUT2D eigenvalue weighted by molar-refractivity contribution is 7.15. The van der Waals surface area contributed by atoms with Crippen LogP contribution in [0.2, 0.25) is 15.1 Å². The van der Waals surface area contributed by atoms with Crippen LogP contribution in [0.5, 0.6) is 0 Å². The van der Waals surface area contributed by atoms with Crippen LogP contribution in [0.3, 0.4) is 0 Å². The summed E-state index contributed by atoms with van der Waals surface area (Å²) < 4.78 is 2.08. The molecule has 0 atom stereocenters. The van der Waals surface area contributed by atoms with Gasteiger partial charge in [-0.15, -0.1) is 11.3 Å². The third-order valence-corrected chi connectivity index (χ3v) is 7.04. The Bertz CT molecular complexity index is 1220. The number of thiazole rings is 1. The van der Waals surface area contributed by atoms with Crippen LogP contribution >= 0.6 is 46.1 Å². The van der Waals surface area contributed by atoms with E-state index in [9.17, 15) is 0 Å². The van der Waals surface area contributed by atoms with Gasteiger partial charge in [0.15, 0.2) is 0 Å². The molecule has 0 radical (unpaired) electrons. The number of hydrogen-bond donors (Lipinski definition) is 0. The van der Waals surface area contributed by atoms with E-state index in [0.29, 0.717) is 15.1 Å². The zero-order chi connectivity index (χ0) is 21.6. The van der Waals surface area contributed by atoms with Crippen molar-refractivity contribution < 1.29 is 0 Å². The summed E-state index contributed by atoms with van der Waals surface area (Å²) >= 11 is 20.5. The van der Waals surface area contributed by atoms with Crippen LogP contribution in [0.15, 0.2) is 48.7 Å². The third kappa shape index (κ3) is 4.02. The molecular weight excluding hydrogens is 457 g/mol. The van der Waals surface area contributed by atoms with Crippen molar-refractivity contribution in [3.63, 3.8) is 0 Å². The minimum atomic E-state index is 0.0326. The number of halogens is 3. The van der Waals surface area contributed by atoms with Gasteiger partial charge < -0.3 is 0 Å². The molecule has 0 spiro atoms. The summed E-state index contributed by atoms with van der Waals surface area (Å²) in [6.45, 7) is 8.59. The normalized spacial score (nSPS) is 11.8. The van der Waals surface area contributed by atoms with Crippen LogP contribution < -0.4 is 0 Å². The molecule has 0 saturated heterocycles. The molecule has 0 bridgehead atoms. The Hall–Kier alpha value is -1.85. The van der Waals surface area contributed by atoms with Gasteiger partial charge in [0, 0.05) is 32.4 Å². The van der Waals surface area contributed by atoms with Gasteiger partial charge in [0.2, 0.25) is 0 Å². The molecule has 0 aliphatic rings. The molecule has 2 aromatic carbocycles. The van der Waals surface area contributed by atoms with E-state index in [1.165, 1.54) is 4.88 Å². The zero-order valence-electron chi connectivity index (χ0n) is 17.0. The van der Waals surface area contributed by atoms with Crippen LogP contribution in [0, 0.1) is 6.92 Å². The molecule has 7 heteroatoms. The molecule has 154 valence electrons. The van der Waals surface area contributed by atoms with Crippen LogP contribution in [0.4, 0.5) is 0 Å². The SMILES string of the molecule is Cc1c(-c2ncc(C(C)(C)C)s2)nc(-c2ccc(Cl)cc2Cl)n1-c1ccc(Cl)cc1. The van der Waals surface area contributed by atoms with E-state index < -0.39 is 0 Å². The fraction of sp³-hybridized carbons (Fsp3) is 0.217. The quantitative estimate of drug-likeness (QED) is 0.298. The second-order valence-corrected chi connectivity index (χ2v) is 10.4. The molecule has 0 saturated carbocycles. The summed E-state index contributed by atoms with van der Waals surface area (Å²) in [4.78, 5) is 10.9. The lowest BCUT2D eigenvalue weighted by atomic mass is 9.96. The van der Waals surface area contributed by atoms with Gasteiger partial charge >= 0.3 is 0 Å². The Labute approximate surface area is 195 Å². The van der Waals surface area contributed by atoms with Crippen molar-refractivity contribution in [1.82, 2.24) is 14.5 Å². The topological polar surface area (TPSA) is 30.7 Å². The molecule has 4 rings (SSSR count). The second-order valence-electron chi connectivity index (χ2n) is 8.09. The number of aromatic nitrogens is 3. The zero-order valence-corrected chi connectivity index (χ0v) is 20.1. The van der Waals surface area contributed by atoms with Gasteiger partial charge in [-0.2, -0.15) is 0 Å². The van der Waals surface area contributed by atoms with Crippen molar-refractivity contribution in [2.45, 2.75) is 33.1 Å². The van der Waals surface area contributed by atoms with E-state index in [4.69, 9.17) is 39.8 Å². The average Bonchev–Trinajstić information content (AvgIpc) is 3.28. The van der Waals surface area contributed by atoms with E-state index in [1.54, 1.807) is 17.4 Å². The van der Waals surface area contributed by atoms with Crippen molar-refractivity contribution in [1.29, 1.82) is 0 Å². The van der Waals surface area contributed by atoms with Crippen molar-refractivity contribution in [2.75, 3.05) is 0 Å². The smallest absolute Gasteiger partial charge is 0.147 e. The van der Waals surface area contributed by atoms with Crippen molar-refractivity contribution in [3.05, 3.63) is 74.3 Å². The van der Waals surface area contributed by atoms with Gasteiger partial charge in [-0.25, -0.2) is 9.97 Å². The Morgan fingerprint density at radius 1 is 0.933 bits per heavy atom. The first-order chi connectivity index (χ1) is 14.1. The largest absolute Gasteiger partial charge is 0.296 e. The molecule has 2 heterocycles. The van der Waals surface area contributed by atoms with Crippen LogP contribution in [0.25, 0.3) is 27.8 Å². The molecule has 0 aliphatic carbocycles. The summed E-state index contributed by atoms with van der Waals surface area (Å²) in [5.41, 5.74) is 3.60. The lowest BCUT2D eigenvalue weighted by molar-refractivity contribution is 0.602. The van der Waals surface area contributed by atoms with Crippen molar-refractivity contribution in [3.8, 4) is 27.8 Å². The Balaban J connectivity index is 1.95. The Morgan fingerprint density at radius 3 is 2.20 bits per heavy atom. The summed E-state index contributed by atoms with van der Waals surface area (Å²) in [5.74, 6) is 0.735. The van der Waals surface area contributed by atoms with E-state index in [1.807, 2.05) is 49.5 Å². The summed E-state index contributed by atoms with van der Waals surface area (Å²) in [6, 6.07) is 13.1. The standard InChI is InChI=1S/C23H20Cl3N3S/c1-13-20(22-27-12-19(30-22)23(2,3)4)28-21(17-10-7-15(25)11-18(17)26)29(13)16-8-5-14(24)6-9-16/h5-12H,1-4H3. The lowest BCUT2D eigenvalue weighted by Gasteiger charge is -2.14. The Morgan fingerprint density at radius 2 is 1.60 bits per heavy atom. The number of rotatable bonds is 3. The van der Waals surface area contributed by atoms with Crippen LogP contribution in [-0.2, 0) is 5.41 Å². The number of hydrogen-bond acceptors (Lipinski definition) is 3. The monoisotopic (exact) mass is 475 g/mol. The minimum absolute atomic E-state index is 0.0326. The first-order valence-corrected chi connectivity index (χ1v) is 11.4. The van der Waals surface area contributed by atoms with E-state index in [2.05, 4.69) is 30.3 Å². The minimum Gasteiger partial charge on any atom is -0.296 e. The maximum atomic E-state index is 6.55.